The number of rotatable bonds is 5. The van der Waals surface area contributed by atoms with E-state index in [1.807, 2.05) is 30.1 Å². The van der Waals surface area contributed by atoms with Gasteiger partial charge in [0.2, 0.25) is 0 Å². The number of nitrogens with one attached hydrogen (secondary N) is 1. The Morgan fingerprint density at radius 3 is 2.76 bits per heavy atom. The van der Waals surface area contributed by atoms with E-state index in [-0.39, 0.29) is 5.91 Å². The monoisotopic (exact) mass is 239 g/mol. The number of hydrogen-bond donors (Lipinski definition) is 1. The predicted molar refractivity (Wildman–Crippen MR) is 70.4 cm³/mol. The Bertz CT molecular complexity index is 274. The van der Waals surface area contributed by atoms with E-state index in [1.54, 1.807) is 6.08 Å². The van der Waals surface area contributed by atoms with Gasteiger partial charge in [-0.2, -0.15) is 0 Å². The standard InChI is InChI=1S/C13H25N3O/c1-11(2)12-7-9-16(10-12)14-13(17)6-5-8-15(3)4/h5-6,11-12H,7-10H2,1-4H3,(H,14,17)/b6-5+. The highest BCUT2D eigenvalue weighted by molar-refractivity contribution is 5.87. The van der Waals surface area contributed by atoms with Crippen molar-refractivity contribution in [3.05, 3.63) is 12.2 Å². The van der Waals surface area contributed by atoms with E-state index in [0.717, 1.165) is 19.6 Å². The van der Waals surface area contributed by atoms with Crippen LogP contribution in [0.1, 0.15) is 20.3 Å². The third-order valence-corrected chi connectivity index (χ3v) is 3.18. The lowest BCUT2D eigenvalue weighted by Crippen LogP contribution is -2.40. The fraction of sp³-hybridized carbons (Fsp3) is 0.769. The van der Waals surface area contributed by atoms with Gasteiger partial charge in [-0.1, -0.05) is 19.9 Å². The van der Waals surface area contributed by atoms with E-state index >= 15 is 0 Å². The zero-order chi connectivity index (χ0) is 12.8. The third-order valence-electron chi connectivity index (χ3n) is 3.18. The molecule has 1 aliphatic rings. The summed E-state index contributed by atoms with van der Waals surface area (Å²) in [5.74, 6) is 1.39. The number of hydrogen-bond acceptors (Lipinski definition) is 3. The van der Waals surface area contributed by atoms with Crippen molar-refractivity contribution in [3.8, 4) is 0 Å². The molecule has 4 heteroatoms. The number of nitrogens with zero attached hydrogens (tertiary/aromatic N) is 2. The highest BCUT2D eigenvalue weighted by Crippen LogP contribution is 2.21. The highest BCUT2D eigenvalue weighted by atomic mass is 16.2. The quantitative estimate of drug-likeness (QED) is 0.730. The Labute approximate surface area is 105 Å². The van der Waals surface area contributed by atoms with E-state index in [2.05, 4.69) is 19.3 Å². The molecule has 0 aromatic carbocycles. The molecule has 0 aromatic rings. The molecule has 0 spiro atoms. The molecule has 1 atom stereocenters. The molecule has 17 heavy (non-hydrogen) atoms. The number of amides is 1. The maximum Gasteiger partial charge on any atom is 0.258 e. The van der Waals surface area contributed by atoms with Gasteiger partial charge >= 0.3 is 0 Å². The topological polar surface area (TPSA) is 35.6 Å². The van der Waals surface area contributed by atoms with Crippen LogP contribution in [-0.2, 0) is 4.79 Å². The Balaban J connectivity index is 2.26. The molecule has 0 bridgehead atoms. The molecule has 0 radical (unpaired) electrons. The molecule has 1 N–H and O–H groups in total. The lowest BCUT2D eigenvalue weighted by Gasteiger charge is -2.17. The molecule has 0 saturated carbocycles. The molecule has 1 heterocycles. The molecule has 4 nitrogen and oxygen atoms in total. The van der Waals surface area contributed by atoms with Crippen molar-refractivity contribution < 1.29 is 4.79 Å². The van der Waals surface area contributed by atoms with Crippen LogP contribution in [-0.4, -0.2) is 49.5 Å². The predicted octanol–water partition coefficient (Wildman–Crippen LogP) is 1.11. The van der Waals surface area contributed by atoms with E-state index < -0.39 is 0 Å². The number of carbonyl (C=O) groups excluding carboxylic acids is 1. The largest absolute Gasteiger partial charge is 0.306 e. The lowest BCUT2D eigenvalue weighted by atomic mass is 9.96. The second-order valence-electron chi connectivity index (χ2n) is 5.38. The zero-order valence-corrected chi connectivity index (χ0v) is 11.4. The van der Waals surface area contributed by atoms with Crippen molar-refractivity contribution in [3.63, 3.8) is 0 Å². The first-order chi connectivity index (χ1) is 7.99. The molecule has 1 amide bonds. The van der Waals surface area contributed by atoms with Crippen molar-refractivity contribution in [1.82, 2.24) is 15.3 Å². The normalized spacial score (nSPS) is 21.9. The smallest absolute Gasteiger partial charge is 0.258 e. The molecule has 1 unspecified atom stereocenters. The second kappa shape index (κ2) is 6.77. The van der Waals surface area contributed by atoms with Crippen molar-refractivity contribution in [1.29, 1.82) is 0 Å². The van der Waals surface area contributed by atoms with Gasteiger partial charge in [0.1, 0.15) is 0 Å². The van der Waals surface area contributed by atoms with Gasteiger partial charge in [0.15, 0.2) is 0 Å². The maximum absolute atomic E-state index is 11.6. The Kier molecular flexibility index (Phi) is 5.65. The fourth-order valence-electron chi connectivity index (χ4n) is 2.00. The summed E-state index contributed by atoms with van der Waals surface area (Å²) < 4.78 is 0. The minimum absolute atomic E-state index is 0.0174. The summed E-state index contributed by atoms with van der Waals surface area (Å²) in [5.41, 5.74) is 2.93. The summed E-state index contributed by atoms with van der Waals surface area (Å²) in [7, 11) is 3.96. The summed E-state index contributed by atoms with van der Waals surface area (Å²) in [6.07, 6.45) is 4.67. The molecule has 1 rings (SSSR count). The van der Waals surface area contributed by atoms with E-state index in [9.17, 15) is 4.79 Å². The molecule has 1 aliphatic heterocycles. The summed E-state index contributed by atoms with van der Waals surface area (Å²) in [5, 5.41) is 2.03. The van der Waals surface area contributed by atoms with Crippen LogP contribution in [0.15, 0.2) is 12.2 Å². The average molecular weight is 239 g/mol. The molecule has 1 fully saturated rings. The summed E-state index contributed by atoms with van der Waals surface area (Å²) in [4.78, 5) is 13.6. The lowest BCUT2D eigenvalue weighted by molar-refractivity contribution is -0.120. The minimum Gasteiger partial charge on any atom is -0.306 e. The number of carbonyl (C=O) groups is 1. The number of hydrazine groups is 1. The SMILES string of the molecule is CC(C)C1CCN(NC(=O)/C=C/CN(C)C)C1. The van der Waals surface area contributed by atoms with Crippen molar-refractivity contribution in [2.75, 3.05) is 33.7 Å². The van der Waals surface area contributed by atoms with E-state index in [4.69, 9.17) is 0 Å². The summed E-state index contributed by atoms with van der Waals surface area (Å²) in [6.45, 7) is 7.23. The van der Waals surface area contributed by atoms with Crippen LogP contribution in [0.5, 0.6) is 0 Å². The van der Waals surface area contributed by atoms with Crippen molar-refractivity contribution in [2.45, 2.75) is 20.3 Å². The third kappa shape index (κ3) is 5.33. The first kappa shape index (κ1) is 14.2. The van der Waals surface area contributed by atoms with Crippen LogP contribution in [0, 0.1) is 11.8 Å². The molecule has 0 aromatic heterocycles. The molecule has 1 saturated heterocycles. The summed E-state index contributed by atoms with van der Waals surface area (Å²) in [6, 6.07) is 0. The van der Waals surface area contributed by atoms with Gasteiger partial charge in [-0.3, -0.25) is 10.2 Å². The van der Waals surface area contributed by atoms with Gasteiger partial charge in [0, 0.05) is 25.7 Å². The van der Waals surface area contributed by atoms with Gasteiger partial charge in [0.05, 0.1) is 0 Å². The second-order valence-corrected chi connectivity index (χ2v) is 5.38. The van der Waals surface area contributed by atoms with Gasteiger partial charge in [-0.25, -0.2) is 5.01 Å². The molecule has 0 aliphatic carbocycles. The van der Waals surface area contributed by atoms with Crippen LogP contribution in [0.2, 0.25) is 0 Å². The molecular formula is C13H25N3O. The Morgan fingerprint density at radius 1 is 1.53 bits per heavy atom. The minimum atomic E-state index is -0.0174. The van der Waals surface area contributed by atoms with E-state index in [0.29, 0.717) is 11.8 Å². The number of likely N-dealkylation sites (N-methyl/N-ethyl adjacent to an activating group) is 1. The molecular weight excluding hydrogens is 214 g/mol. The van der Waals surface area contributed by atoms with Crippen LogP contribution in [0.4, 0.5) is 0 Å². The van der Waals surface area contributed by atoms with Crippen LogP contribution < -0.4 is 5.43 Å². The Hall–Kier alpha value is -0.870. The fourth-order valence-corrected chi connectivity index (χ4v) is 2.00. The summed E-state index contributed by atoms with van der Waals surface area (Å²) >= 11 is 0. The van der Waals surface area contributed by atoms with Crippen LogP contribution in [0.3, 0.4) is 0 Å². The van der Waals surface area contributed by atoms with Gasteiger partial charge in [-0.05, 0) is 32.4 Å². The van der Waals surface area contributed by atoms with Crippen LogP contribution in [0.25, 0.3) is 0 Å². The maximum atomic E-state index is 11.6. The highest BCUT2D eigenvalue weighted by Gasteiger charge is 2.25. The first-order valence-corrected chi connectivity index (χ1v) is 6.36. The van der Waals surface area contributed by atoms with Crippen molar-refractivity contribution in [2.24, 2.45) is 11.8 Å². The van der Waals surface area contributed by atoms with E-state index in [1.165, 1.54) is 6.42 Å². The molecule has 98 valence electrons. The van der Waals surface area contributed by atoms with Crippen molar-refractivity contribution >= 4 is 5.91 Å². The van der Waals surface area contributed by atoms with Gasteiger partial charge < -0.3 is 4.90 Å². The average Bonchev–Trinajstić information content (AvgIpc) is 2.65. The van der Waals surface area contributed by atoms with Gasteiger partial charge in [0.25, 0.3) is 5.91 Å². The zero-order valence-electron chi connectivity index (χ0n) is 11.4. The van der Waals surface area contributed by atoms with Gasteiger partial charge in [-0.15, -0.1) is 0 Å². The first-order valence-electron chi connectivity index (χ1n) is 6.36. The Morgan fingerprint density at radius 2 is 2.24 bits per heavy atom. The van der Waals surface area contributed by atoms with Crippen LogP contribution >= 0.6 is 0 Å².